The van der Waals surface area contributed by atoms with Crippen LogP contribution in [0.15, 0.2) is 84.9 Å². The van der Waals surface area contributed by atoms with Crippen LogP contribution in [0.4, 0.5) is 22.7 Å². The van der Waals surface area contributed by atoms with Gasteiger partial charge >= 0.3 is 0 Å². The molecule has 0 bridgehead atoms. The molecule has 4 aromatic rings. The second-order valence-corrected chi connectivity index (χ2v) is 11.4. The Balaban J connectivity index is 1.86. The molecule has 0 atom stereocenters. The summed E-state index contributed by atoms with van der Waals surface area (Å²) in [6, 6.07) is 31.0. The first-order valence-electron chi connectivity index (χ1n) is 13.6. The van der Waals surface area contributed by atoms with E-state index in [1.807, 2.05) is 0 Å². The van der Waals surface area contributed by atoms with Gasteiger partial charge in [0.2, 0.25) is 0 Å². The number of methoxy groups -OCH3 is 1. The summed E-state index contributed by atoms with van der Waals surface area (Å²) < 4.78 is 5.47. The molecule has 3 heteroatoms. The highest BCUT2D eigenvalue weighted by molar-refractivity contribution is 5.87. The van der Waals surface area contributed by atoms with Gasteiger partial charge in [0.15, 0.2) is 0 Å². The van der Waals surface area contributed by atoms with Gasteiger partial charge < -0.3 is 15.0 Å². The quantitative estimate of drug-likeness (QED) is 0.229. The largest absolute Gasteiger partial charge is 0.385 e. The van der Waals surface area contributed by atoms with Gasteiger partial charge in [-0.3, -0.25) is 0 Å². The van der Waals surface area contributed by atoms with Crippen LogP contribution in [0.25, 0.3) is 11.1 Å². The van der Waals surface area contributed by atoms with Crippen LogP contribution in [-0.4, -0.2) is 20.3 Å². The molecule has 0 heterocycles. The Morgan fingerprint density at radius 3 is 2.16 bits per heavy atom. The van der Waals surface area contributed by atoms with Crippen molar-refractivity contribution in [3.63, 3.8) is 0 Å². The molecule has 198 valence electrons. The number of aryl methyl sites for hydroxylation is 3. The molecule has 0 radical (unpaired) electrons. The Kier molecular flexibility index (Phi) is 8.58. The molecule has 0 aliphatic rings. The van der Waals surface area contributed by atoms with Crippen molar-refractivity contribution in [3.05, 3.63) is 107 Å². The smallest absolute Gasteiger partial charge is 0.0652 e. The first-order valence-corrected chi connectivity index (χ1v) is 13.6. The highest BCUT2D eigenvalue weighted by Crippen LogP contribution is 2.41. The molecule has 38 heavy (non-hydrogen) atoms. The van der Waals surface area contributed by atoms with Gasteiger partial charge in [-0.1, -0.05) is 86.5 Å². The minimum atomic E-state index is 0.0789. The van der Waals surface area contributed by atoms with Crippen LogP contribution in [0.1, 0.15) is 49.4 Å². The van der Waals surface area contributed by atoms with Gasteiger partial charge in [-0.2, -0.15) is 0 Å². The third kappa shape index (κ3) is 6.65. The number of hydrogen-bond donors (Lipinski definition) is 1. The average molecular weight is 507 g/mol. The van der Waals surface area contributed by atoms with Crippen LogP contribution in [0.3, 0.4) is 0 Å². The van der Waals surface area contributed by atoms with Crippen molar-refractivity contribution in [2.45, 2.75) is 53.4 Å². The van der Waals surface area contributed by atoms with Gasteiger partial charge in [-0.25, -0.2) is 0 Å². The van der Waals surface area contributed by atoms with Crippen molar-refractivity contribution in [1.29, 1.82) is 0 Å². The molecule has 0 fully saturated rings. The van der Waals surface area contributed by atoms with Crippen molar-refractivity contribution in [2.75, 3.05) is 30.5 Å². The molecule has 4 aromatic carbocycles. The van der Waals surface area contributed by atoms with Gasteiger partial charge in [-0.05, 0) is 79.6 Å². The fraction of sp³-hybridized carbons (Fsp3) is 0.314. The summed E-state index contributed by atoms with van der Waals surface area (Å²) in [6.07, 6.45) is 0.920. The zero-order valence-corrected chi connectivity index (χ0v) is 24.1. The van der Waals surface area contributed by atoms with E-state index in [9.17, 15) is 0 Å². The first kappa shape index (κ1) is 27.5. The summed E-state index contributed by atoms with van der Waals surface area (Å²) in [7, 11) is 1.77. The summed E-state index contributed by atoms with van der Waals surface area (Å²) in [4.78, 5) is 2.46. The van der Waals surface area contributed by atoms with Gasteiger partial charge in [0, 0.05) is 37.2 Å². The molecule has 3 nitrogen and oxygen atoms in total. The van der Waals surface area contributed by atoms with Crippen molar-refractivity contribution >= 4 is 22.7 Å². The second-order valence-electron chi connectivity index (χ2n) is 11.4. The SMILES string of the molecule is COCCCN(c1cc(C)ccc1Nc1ccc(C)cc1)c1ccccc1-c1cc(C)cc(C(C)(C)C)c1. The molecule has 0 aromatic heterocycles. The molecule has 0 aliphatic carbocycles. The van der Waals surface area contributed by atoms with E-state index in [-0.39, 0.29) is 5.41 Å². The Morgan fingerprint density at radius 2 is 1.45 bits per heavy atom. The van der Waals surface area contributed by atoms with Crippen molar-refractivity contribution in [1.82, 2.24) is 0 Å². The number of rotatable bonds is 9. The monoisotopic (exact) mass is 506 g/mol. The predicted molar refractivity (Wildman–Crippen MR) is 164 cm³/mol. The number of anilines is 4. The van der Waals surface area contributed by atoms with Crippen LogP contribution in [0, 0.1) is 20.8 Å². The fourth-order valence-corrected chi connectivity index (χ4v) is 4.83. The Hall–Kier alpha value is -3.56. The Morgan fingerprint density at radius 1 is 0.737 bits per heavy atom. The van der Waals surface area contributed by atoms with E-state index in [2.05, 4.69) is 137 Å². The van der Waals surface area contributed by atoms with E-state index in [1.54, 1.807) is 7.11 Å². The lowest BCUT2D eigenvalue weighted by atomic mass is 9.84. The summed E-state index contributed by atoms with van der Waals surface area (Å²) in [5, 5.41) is 3.69. The number of ether oxygens (including phenoxy) is 1. The minimum Gasteiger partial charge on any atom is -0.385 e. The molecule has 0 aliphatic heterocycles. The van der Waals surface area contributed by atoms with Crippen LogP contribution in [0.2, 0.25) is 0 Å². The zero-order valence-electron chi connectivity index (χ0n) is 24.1. The third-order valence-electron chi connectivity index (χ3n) is 6.95. The third-order valence-corrected chi connectivity index (χ3v) is 6.95. The number of nitrogens with zero attached hydrogens (tertiary/aromatic N) is 1. The fourth-order valence-electron chi connectivity index (χ4n) is 4.83. The summed E-state index contributed by atoms with van der Waals surface area (Å²) in [5.41, 5.74) is 12.2. The van der Waals surface area contributed by atoms with E-state index in [4.69, 9.17) is 4.74 Å². The molecule has 0 unspecified atom stereocenters. The minimum absolute atomic E-state index is 0.0789. The van der Waals surface area contributed by atoms with Crippen molar-refractivity contribution in [3.8, 4) is 11.1 Å². The van der Waals surface area contributed by atoms with Gasteiger partial charge in [-0.15, -0.1) is 0 Å². The summed E-state index contributed by atoms with van der Waals surface area (Å²) in [6.45, 7) is 14.9. The second kappa shape index (κ2) is 11.9. The standard InChI is InChI=1S/C35H42N2O/c1-25-13-16-30(17-14-25)36-32-18-15-26(2)23-34(32)37(19-10-20-38-7)33-12-9-8-11-31(33)28-21-27(3)22-29(24-28)35(4,5)6/h8-9,11-18,21-24,36H,10,19-20H2,1-7H3. The maximum atomic E-state index is 5.47. The molecular formula is C35H42N2O. The number of hydrogen-bond acceptors (Lipinski definition) is 3. The highest BCUT2D eigenvalue weighted by atomic mass is 16.5. The normalized spacial score (nSPS) is 11.4. The lowest BCUT2D eigenvalue weighted by Crippen LogP contribution is -2.21. The molecule has 1 N–H and O–H groups in total. The van der Waals surface area contributed by atoms with E-state index < -0.39 is 0 Å². The Bertz CT molecular complexity index is 1370. The van der Waals surface area contributed by atoms with E-state index in [1.165, 1.54) is 39.1 Å². The van der Waals surface area contributed by atoms with E-state index in [0.29, 0.717) is 6.61 Å². The average Bonchev–Trinajstić information content (AvgIpc) is 2.88. The van der Waals surface area contributed by atoms with Crippen molar-refractivity contribution < 1.29 is 4.74 Å². The topological polar surface area (TPSA) is 24.5 Å². The molecule has 0 spiro atoms. The van der Waals surface area contributed by atoms with Crippen LogP contribution in [0.5, 0.6) is 0 Å². The number of para-hydroxylation sites is 1. The number of benzene rings is 4. The molecular weight excluding hydrogens is 464 g/mol. The van der Waals surface area contributed by atoms with Crippen LogP contribution in [-0.2, 0) is 10.2 Å². The summed E-state index contributed by atoms with van der Waals surface area (Å²) in [5.74, 6) is 0. The van der Waals surface area contributed by atoms with Crippen LogP contribution >= 0.6 is 0 Å². The van der Waals surface area contributed by atoms with Gasteiger partial charge in [0.05, 0.1) is 11.4 Å². The zero-order chi connectivity index (χ0) is 27.3. The summed E-state index contributed by atoms with van der Waals surface area (Å²) >= 11 is 0. The molecule has 0 saturated carbocycles. The Labute approximate surface area is 229 Å². The maximum absolute atomic E-state index is 5.47. The first-order chi connectivity index (χ1) is 18.2. The van der Waals surface area contributed by atoms with Crippen LogP contribution < -0.4 is 10.2 Å². The highest BCUT2D eigenvalue weighted by Gasteiger charge is 2.20. The van der Waals surface area contributed by atoms with Crippen molar-refractivity contribution in [2.24, 2.45) is 0 Å². The lowest BCUT2D eigenvalue weighted by Gasteiger charge is -2.30. The maximum Gasteiger partial charge on any atom is 0.0652 e. The predicted octanol–water partition coefficient (Wildman–Crippen LogP) is 9.49. The van der Waals surface area contributed by atoms with Gasteiger partial charge in [0.25, 0.3) is 0 Å². The molecule has 4 rings (SSSR count). The van der Waals surface area contributed by atoms with E-state index >= 15 is 0 Å². The number of nitrogens with one attached hydrogen (secondary N) is 1. The van der Waals surface area contributed by atoms with E-state index in [0.717, 1.165) is 30.0 Å². The molecule has 0 saturated heterocycles. The lowest BCUT2D eigenvalue weighted by molar-refractivity contribution is 0.197. The molecule has 0 amide bonds. The van der Waals surface area contributed by atoms with Gasteiger partial charge in [0.1, 0.15) is 0 Å².